The molecule has 1 aliphatic rings. The summed E-state index contributed by atoms with van der Waals surface area (Å²) in [6.07, 6.45) is 6.35. The van der Waals surface area contributed by atoms with Crippen molar-refractivity contribution >= 4 is 6.09 Å². The van der Waals surface area contributed by atoms with Crippen LogP contribution in [0.3, 0.4) is 0 Å². The molecule has 0 radical (unpaired) electrons. The van der Waals surface area contributed by atoms with Gasteiger partial charge in [-0.2, -0.15) is 0 Å². The lowest BCUT2D eigenvalue weighted by atomic mass is 9.98. The number of carbonyl (C=O) groups is 1. The fourth-order valence-corrected chi connectivity index (χ4v) is 2.04. The van der Waals surface area contributed by atoms with Gasteiger partial charge in [-0.1, -0.05) is 12.2 Å². The number of likely N-dealkylation sites (N-methyl/N-ethyl adjacent to an activating group) is 1. The fraction of sp³-hybridized carbons (Fsp3) is 0.786. The van der Waals surface area contributed by atoms with Crippen LogP contribution in [-0.2, 0) is 4.74 Å². The predicted octanol–water partition coefficient (Wildman–Crippen LogP) is 2.41. The van der Waals surface area contributed by atoms with Gasteiger partial charge in [0.1, 0.15) is 5.60 Å². The van der Waals surface area contributed by atoms with Crippen molar-refractivity contribution in [2.24, 2.45) is 5.92 Å². The van der Waals surface area contributed by atoms with Crippen LogP contribution in [0.15, 0.2) is 12.2 Å². The Morgan fingerprint density at radius 1 is 1.50 bits per heavy atom. The van der Waals surface area contributed by atoms with Crippen molar-refractivity contribution in [3.05, 3.63) is 12.2 Å². The first-order chi connectivity index (χ1) is 8.42. The van der Waals surface area contributed by atoms with Crippen molar-refractivity contribution in [3.8, 4) is 0 Å². The number of rotatable bonds is 3. The number of ether oxygens (including phenoxy) is 1. The van der Waals surface area contributed by atoms with Gasteiger partial charge in [0, 0.05) is 19.6 Å². The lowest BCUT2D eigenvalue weighted by Gasteiger charge is -2.33. The Morgan fingerprint density at radius 3 is 2.83 bits per heavy atom. The molecule has 0 spiro atoms. The lowest BCUT2D eigenvalue weighted by Crippen LogP contribution is -2.42. The third kappa shape index (κ3) is 5.54. The maximum Gasteiger partial charge on any atom is 0.410 e. The summed E-state index contributed by atoms with van der Waals surface area (Å²) in [5.74, 6) is 0.458. The largest absolute Gasteiger partial charge is 0.444 e. The molecular formula is C14H26N2O2. The van der Waals surface area contributed by atoms with Gasteiger partial charge in [0.25, 0.3) is 0 Å². The quantitative estimate of drug-likeness (QED) is 0.786. The molecule has 0 aromatic rings. The van der Waals surface area contributed by atoms with Gasteiger partial charge in [-0.3, -0.25) is 0 Å². The van der Waals surface area contributed by atoms with Crippen LogP contribution >= 0.6 is 0 Å². The number of hydrogen-bond donors (Lipinski definition) is 1. The molecule has 1 N–H and O–H groups in total. The SMILES string of the molecule is CNC/C=C/C1CCCN(C(=O)OC(C)(C)C)C1. The van der Waals surface area contributed by atoms with Crippen molar-refractivity contribution in [2.45, 2.75) is 39.2 Å². The Kier molecular flexibility index (Phi) is 5.66. The van der Waals surface area contributed by atoms with Crippen LogP contribution in [0.4, 0.5) is 4.79 Å². The van der Waals surface area contributed by atoms with Crippen LogP contribution < -0.4 is 5.32 Å². The molecular weight excluding hydrogens is 228 g/mol. The Bertz CT molecular complexity index is 295. The summed E-state index contributed by atoms with van der Waals surface area (Å²) in [7, 11) is 1.93. The van der Waals surface area contributed by atoms with Gasteiger partial charge in [-0.05, 0) is 46.6 Å². The summed E-state index contributed by atoms with van der Waals surface area (Å²) in [4.78, 5) is 13.8. The lowest BCUT2D eigenvalue weighted by molar-refractivity contribution is 0.0186. The monoisotopic (exact) mass is 254 g/mol. The fourth-order valence-electron chi connectivity index (χ4n) is 2.04. The molecule has 104 valence electrons. The van der Waals surface area contributed by atoms with Gasteiger partial charge in [0.2, 0.25) is 0 Å². The zero-order valence-corrected chi connectivity index (χ0v) is 12.0. The number of likely N-dealkylation sites (tertiary alicyclic amines) is 1. The summed E-state index contributed by atoms with van der Waals surface area (Å²) < 4.78 is 5.40. The Morgan fingerprint density at radius 2 is 2.22 bits per heavy atom. The van der Waals surface area contributed by atoms with E-state index in [0.717, 1.165) is 32.5 Å². The molecule has 1 atom stereocenters. The van der Waals surface area contributed by atoms with E-state index in [1.165, 1.54) is 0 Å². The molecule has 1 rings (SSSR count). The van der Waals surface area contributed by atoms with Gasteiger partial charge >= 0.3 is 6.09 Å². The molecule has 1 heterocycles. The highest BCUT2D eigenvalue weighted by atomic mass is 16.6. The molecule has 0 aliphatic carbocycles. The predicted molar refractivity (Wildman–Crippen MR) is 73.6 cm³/mol. The van der Waals surface area contributed by atoms with Gasteiger partial charge in [0.15, 0.2) is 0 Å². The van der Waals surface area contributed by atoms with E-state index in [9.17, 15) is 4.79 Å². The third-order valence-electron chi connectivity index (χ3n) is 2.84. The first kappa shape index (κ1) is 15.0. The van der Waals surface area contributed by atoms with E-state index < -0.39 is 5.60 Å². The van der Waals surface area contributed by atoms with Crippen molar-refractivity contribution in [1.82, 2.24) is 10.2 Å². The second kappa shape index (κ2) is 6.78. The van der Waals surface area contributed by atoms with Crippen LogP contribution in [-0.4, -0.2) is 43.3 Å². The number of amides is 1. The molecule has 0 aromatic heterocycles. The second-order valence-corrected chi connectivity index (χ2v) is 5.81. The zero-order chi connectivity index (χ0) is 13.6. The standard InChI is InChI=1S/C14H26N2O2/c1-14(2,3)18-13(17)16-10-6-8-12(11-16)7-5-9-15-4/h5,7,12,15H,6,8-11H2,1-4H3/b7-5+. The molecule has 1 fully saturated rings. The maximum absolute atomic E-state index is 12.0. The van der Waals surface area contributed by atoms with Crippen LogP contribution in [0.2, 0.25) is 0 Å². The number of nitrogens with zero attached hydrogens (tertiary/aromatic N) is 1. The van der Waals surface area contributed by atoms with E-state index in [1.807, 2.05) is 32.7 Å². The van der Waals surface area contributed by atoms with Crippen molar-refractivity contribution in [2.75, 3.05) is 26.7 Å². The number of carbonyl (C=O) groups excluding carboxylic acids is 1. The highest BCUT2D eigenvalue weighted by molar-refractivity contribution is 5.68. The van der Waals surface area contributed by atoms with Gasteiger partial charge < -0.3 is 15.0 Å². The van der Waals surface area contributed by atoms with Gasteiger partial charge in [-0.15, -0.1) is 0 Å². The number of nitrogens with one attached hydrogen (secondary N) is 1. The Labute approximate surface area is 110 Å². The molecule has 1 unspecified atom stereocenters. The summed E-state index contributed by atoms with van der Waals surface area (Å²) in [5, 5.41) is 3.08. The molecule has 1 saturated heterocycles. The van der Waals surface area contributed by atoms with E-state index in [2.05, 4.69) is 17.5 Å². The van der Waals surface area contributed by atoms with Crippen LogP contribution in [0.1, 0.15) is 33.6 Å². The average Bonchev–Trinajstić information content (AvgIpc) is 2.27. The first-order valence-corrected chi connectivity index (χ1v) is 6.71. The topological polar surface area (TPSA) is 41.6 Å². The summed E-state index contributed by atoms with van der Waals surface area (Å²) in [6, 6.07) is 0. The first-order valence-electron chi connectivity index (χ1n) is 6.71. The third-order valence-corrected chi connectivity index (χ3v) is 2.84. The normalized spacial score (nSPS) is 21.3. The minimum absolute atomic E-state index is 0.186. The van der Waals surface area contributed by atoms with Crippen molar-refractivity contribution in [3.63, 3.8) is 0 Å². The van der Waals surface area contributed by atoms with Crippen molar-refractivity contribution in [1.29, 1.82) is 0 Å². The molecule has 0 bridgehead atoms. The summed E-state index contributed by atoms with van der Waals surface area (Å²) >= 11 is 0. The average molecular weight is 254 g/mol. The molecule has 1 aliphatic heterocycles. The smallest absolute Gasteiger partial charge is 0.410 e. The van der Waals surface area contributed by atoms with Crippen molar-refractivity contribution < 1.29 is 9.53 Å². The zero-order valence-electron chi connectivity index (χ0n) is 12.0. The van der Waals surface area contributed by atoms with E-state index >= 15 is 0 Å². The second-order valence-electron chi connectivity index (χ2n) is 5.81. The van der Waals surface area contributed by atoms with Gasteiger partial charge in [0.05, 0.1) is 0 Å². The van der Waals surface area contributed by atoms with E-state index in [0.29, 0.717) is 5.92 Å². The maximum atomic E-state index is 12.0. The van der Waals surface area contributed by atoms with Gasteiger partial charge in [-0.25, -0.2) is 4.79 Å². The number of hydrogen-bond acceptors (Lipinski definition) is 3. The molecule has 0 saturated carbocycles. The molecule has 18 heavy (non-hydrogen) atoms. The molecule has 4 nitrogen and oxygen atoms in total. The Hall–Kier alpha value is -1.03. The minimum Gasteiger partial charge on any atom is -0.444 e. The van der Waals surface area contributed by atoms with Crippen LogP contribution in [0.5, 0.6) is 0 Å². The Balaban J connectivity index is 2.45. The molecule has 1 amide bonds. The molecule has 0 aromatic carbocycles. The van der Waals surface area contributed by atoms with Crippen LogP contribution in [0.25, 0.3) is 0 Å². The van der Waals surface area contributed by atoms with E-state index in [-0.39, 0.29) is 6.09 Å². The summed E-state index contributed by atoms with van der Waals surface area (Å²) in [6.45, 7) is 8.17. The van der Waals surface area contributed by atoms with E-state index in [1.54, 1.807) is 0 Å². The number of piperidine rings is 1. The highest BCUT2D eigenvalue weighted by Gasteiger charge is 2.26. The highest BCUT2D eigenvalue weighted by Crippen LogP contribution is 2.20. The molecule has 4 heteroatoms. The van der Waals surface area contributed by atoms with E-state index in [4.69, 9.17) is 4.74 Å². The minimum atomic E-state index is -0.411. The summed E-state index contributed by atoms with van der Waals surface area (Å²) in [5.41, 5.74) is -0.411. The van der Waals surface area contributed by atoms with Crippen LogP contribution in [0, 0.1) is 5.92 Å².